The minimum absolute atomic E-state index is 0.124. The van der Waals surface area contributed by atoms with Crippen molar-refractivity contribution in [2.75, 3.05) is 0 Å². The zero-order valence-corrected chi connectivity index (χ0v) is 7.58. The molecule has 0 rings (SSSR count). The molecule has 0 radical (unpaired) electrons. The molecule has 0 atom stereocenters. The van der Waals surface area contributed by atoms with Gasteiger partial charge in [0.1, 0.15) is 5.83 Å². The lowest BCUT2D eigenvalue weighted by molar-refractivity contribution is 0.665. The molecule has 0 amide bonds. The first-order valence-electron chi connectivity index (χ1n) is 3.46. The second-order valence-electron chi connectivity index (χ2n) is 2.24. The van der Waals surface area contributed by atoms with Crippen molar-refractivity contribution in [2.24, 2.45) is 0 Å². The van der Waals surface area contributed by atoms with Crippen LogP contribution in [0, 0.1) is 0 Å². The molecule has 2 heteroatoms. The van der Waals surface area contributed by atoms with Crippen molar-refractivity contribution >= 4 is 11.6 Å². The molecule has 0 N–H and O–H groups in total. The summed E-state index contributed by atoms with van der Waals surface area (Å²) in [5, 5.41) is 0.124. The van der Waals surface area contributed by atoms with Crippen LogP contribution >= 0.6 is 11.6 Å². The first kappa shape index (κ1) is 10.4. The highest BCUT2D eigenvalue weighted by atomic mass is 35.5. The minimum atomic E-state index is -0.473. The highest BCUT2D eigenvalue weighted by Crippen LogP contribution is 2.16. The van der Waals surface area contributed by atoms with Crippen molar-refractivity contribution in [3.05, 3.63) is 35.2 Å². The number of hydrogen-bond acceptors (Lipinski definition) is 0. The summed E-state index contributed by atoms with van der Waals surface area (Å²) in [6, 6.07) is 0. The number of hydrogen-bond donors (Lipinski definition) is 0. The van der Waals surface area contributed by atoms with Crippen LogP contribution in [0.5, 0.6) is 0 Å². The summed E-state index contributed by atoms with van der Waals surface area (Å²) in [7, 11) is 0. The second-order valence-corrected chi connectivity index (χ2v) is 2.65. The fourth-order valence-corrected chi connectivity index (χ4v) is 0.748. The van der Waals surface area contributed by atoms with E-state index in [4.69, 9.17) is 11.6 Å². The van der Waals surface area contributed by atoms with Gasteiger partial charge >= 0.3 is 0 Å². The summed E-state index contributed by atoms with van der Waals surface area (Å²) in [6.45, 7) is 7.16. The normalized spacial score (nSPS) is 14.4. The number of rotatable bonds is 3. The van der Waals surface area contributed by atoms with E-state index in [-0.39, 0.29) is 5.03 Å². The SMILES string of the molecule is C=C/C(F)=C(Cl)\C=C(/C)CC. The van der Waals surface area contributed by atoms with Crippen LogP contribution < -0.4 is 0 Å². The summed E-state index contributed by atoms with van der Waals surface area (Å²) < 4.78 is 12.6. The van der Waals surface area contributed by atoms with Crippen molar-refractivity contribution in [3.8, 4) is 0 Å². The Kier molecular flexibility index (Phi) is 4.88. The molecular formula is C9H12ClF. The Morgan fingerprint density at radius 3 is 2.55 bits per heavy atom. The molecule has 0 fully saturated rings. The maximum Gasteiger partial charge on any atom is 0.141 e. The first-order valence-corrected chi connectivity index (χ1v) is 3.84. The smallest absolute Gasteiger partial charge is 0.141 e. The number of halogens is 2. The van der Waals surface area contributed by atoms with E-state index in [1.165, 1.54) is 0 Å². The molecule has 0 aliphatic heterocycles. The average molecular weight is 175 g/mol. The van der Waals surface area contributed by atoms with Gasteiger partial charge in [0.05, 0.1) is 5.03 Å². The lowest BCUT2D eigenvalue weighted by Gasteiger charge is -1.94. The van der Waals surface area contributed by atoms with Gasteiger partial charge < -0.3 is 0 Å². The van der Waals surface area contributed by atoms with E-state index in [0.29, 0.717) is 0 Å². The van der Waals surface area contributed by atoms with Crippen LogP contribution in [0.1, 0.15) is 20.3 Å². The molecule has 0 aromatic heterocycles. The minimum Gasteiger partial charge on any atom is -0.205 e. The van der Waals surface area contributed by atoms with Crippen LogP contribution in [0.2, 0.25) is 0 Å². The van der Waals surface area contributed by atoms with Crippen LogP contribution in [0.25, 0.3) is 0 Å². The topological polar surface area (TPSA) is 0 Å². The number of allylic oxidation sites excluding steroid dienone is 5. The summed E-state index contributed by atoms with van der Waals surface area (Å²) in [5.74, 6) is -0.473. The first-order chi connectivity index (χ1) is 5.11. The predicted molar refractivity (Wildman–Crippen MR) is 48.2 cm³/mol. The van der Waals surface area contributed by atoms with E-state index >= 15 is 0 Å². The van der Waals surface area contributed by atoms with Crippen molar-refractivity contribution in [3.63, 3.8) is 0 Å². The average Bonchev–Trinajstić information content (AvgIpc) is 2.02. The Hall–Kier alpha value is -0.560. The standard InChI is InChI=1S/C9H12ClF/c1-4-7(3)6-8(10)9(11)5-2/h5-6H,2,4H2,1,3H3/b7-6+,9-8-. The van der Waals surface area contributed by atoms with Crippen LogP contribution in [0.3, 0.4) is 0 Å². The Morgan fingerprint density at radius 1 is 1.64 bits per heavy atom. The van der Waals surface area contributed by atoms with Crippen molar-refractivity contribution in [2.45, 2.75) is 20.3 Å². The summed E-state index contributed by atoms with van der Waals surface area (Å²) in [5.41, 5.74) is 1.05. The third-order valence-electron chi connectivity index (χ3n) is 1.34. The van der Waals surface area contributed by atoms with Gasteiger partial charge in [0.25, 0.3) is 0 Å². The molecule has 11 heavy (non-hydrogen) atoms. The lowest BCUT2D eigenvalue weighted by atomic mass is 10.2. The van der Waals surface area contributed by atoms with E-state index in [9.17, 15) is 4.39 Å². The van der Waals surface area contributed by atoms with Crippen LogP contribution in [-0.2, 0) is 0 Å². The molecule has 0 aliphatic rings. The summed E-state index contributed by atoms with van der Waals surface area (Å²) in [6.07, 6.45) is 3.58. The maximum atomic E-state index is 12.6. The van der Waals surface area contributed by atoms with Crippen LogP contribution in [0.4, 0.5) is 4.39 Å². The molecular weight excluding hydrogens is 163 g/mol. The van der Waals surface area contributed by atoms with Crippen molar-refractivity contribution in [1.82, 2.24) is 0 Å². The Labute approximate surface area is 72.1 Å². The van der Waals surface area contributed by atoms with Crippen molar-refractivity contribution < 1.29 is 4.39 Å². The van der Waals surface area contributed by atoms with Gasteiger partial charge in [0, 0.05) is 0 Å². The third kappa shape index (κ3) is 3.99. The quantitative estimate of drug-likeness (QED) is 0.569. The van der Waals surface area contributed by atoms with E-state index in [1.807, 2.05) is 13.8 Å². The molecule has 0 aromatic carbocycles. The fraction of sp³-hybridized carbons (Fsp3) is 0.333. The predicted octanol–water partition coefficient (Wildman–Crippen LogP) is 3.95. The monoisotopic (exact) mass is 174 g/mol. The van der Waals surface area contributed by atoms with Crippen LogP contribution in [0.15, 0.2) is 35.2 Å². The van der Waals surface area contributed by atoms with E-state index in [2.05, 4.69) is 6.58 Å². The van der Waals surface area contributed by atoms with Gasteiger partial charge in [0.2, 0.25) is 0 Å². The second kappa shape index (κ2) is 5.14. The maximum absolute atomic E-state index is 12.6. The molecule has 0 heterocycles. The van der Waals surface area contributed by atoms with Gasteiger partial charge in [0.15, 0.2) is 0 Å². The van der Waals surface area contributed by atoms with E-state index in [1.54, 1.807) is 6.08 Å². The lowest BCUT2D eigenvalue weighted by Crippen LogP contribution is -1.75. The zero-order chi connectivity index (χ0) is 8.85. The molecule has 0 unspecified atom stereocenters. The summed E-state index contributed by atoms with van der Waals surface area (Å²) >= 11 is 5.56. The fourth-order valence-electron chi connectivity index (χ4n) is 0.485. The molecule has 62 valence electrons. The van der Waals surface area contributed by atoms with Gasteiger partial charge in [-0.25, -0.2) is 4.39 Å². The van der Waals surface area contributed by atoms with E-state index in [0.717, 1.165) is 18.1 Å². The molecule has 0 aromatic rings. The molecule has 0 saturated carbocycles. The molecule has 0 nitrogen and oxygen atoms in total. The largest absolute Gasteiger partial charge is 0.205 e. The van der Waals surface area contributed by atoms with Gasteiger partial charge in [-0.2, -0.15) is 0 Å². The van der Waals surface area contributed by atoms with Gasteiger partial charge in [-0.3, -0.25) is 0 Å². The zero-order valence-electron chi connectivity index (χ0n) is 6.82. The van der Waals surface area contributed by atoms with Gasteiger partial charge in [-0.1, -0.05) is 30.7 Å². The molecule has 0 bridgehead atoms. The highest BCUT2D eigenvalue weighted by Gasteiger charge is 1.95. The van der Waals surface area contributed by atoms with E-state index < -0.39 is 5.83 Å². The molecule has 0 aliphatic carbocycles. The Balaban J connectivity index is 4.49. The molecule has 0 saturated heterocycles. The van der Waals surface area contributed by atoms with Crippen LogP contribution in [-0.4, -0.2) is 0 Å². The summed E-state index contributed by atoms with van der Waals surface area (Å²) in [4.78, 5) is 0. The highest BCUT2D eigenvalue weighted by molar-refractivity contribution is 6.31. The Morgan fingerprint density at radius 2 is 2.18 bits per heavy atom. The van der Waals surface area contributed by atoms with Gasteiger partial charge in [-0.05, 0) is 25.5 Å². The molecule has 0 spiro atoms. The van der Waals surface area contributed by atoms with Crippen molar-refractivity contribution in [1.29, 1.82) is 0 Å². The van der Waals surface area contributed by atoms with Gasteiger partial charge in [-0.15, -0.1) is 0 Å². The Bertz CT molecular complexity index is 202. The third-order valence-corrected chi connectivity index (χ3v) is 1.63.